The van der Waals surface area contributed by atoms with Gasteiger partial charge in [-0.2, -0.15) is 8.78 Å². The highest BCUT2D eigenvalue weighted by Gasteiger charge is 2.41. The Balaban J connectivity index is 2.79. The number of hydrogen-bond donors (Lipinski definition) is 3. The van der Waals surface area contributed by atoms with Gasteiger partial charge in [0.15, 0.2) is 0 Å². The maximum atomic E-state index is 12.5. The zero-order valence-corrected chi connectivity index (χ0v) is 8.83. The van der Waals surface area contributed by atoms with Gasteiger partial charge in [-0.1, -0.05) is 6.07 Å². The summed E-state index contributed by atoms with van der Waals surface area (Å²) in [5.74, 6) is -6.94. The minimum Gasteiger partial charge on any atom is -0.507 e. The number of aromatic hydroxyl groups is 2. The van der Waals surface area contributed by atoms with E-state index >= 15 is 0 Å². The Hall–Kier alpha value is -1.99. The van der Waals surface area contributed by atoms with Crippen molar-refractivity contribution in [3.8, 4) is 11.5 Å². The molecule has 0 unspecified atom stereocenters. The largest absolute Gasteiger partial charge is 0.507 e. The molecule has 0 fully saturated rings. The zero-order valence-electron chi connectivity index (χ0n) is 8.83. The summed E-state index contributed by atoms with van der Waals surface area (Å²) in [6.45, 7) is -1.60. The van der Waals surface area contributed by atoms with Crippen molar-refractivity contribution in [2.45, 2.75) is 12.3 Å². The molecular formula is C10H9F4NO3. The fourth-order valence-corrected chi connectivity index (χ4v) is 1.12. The molecule has 0 saturated heterocycles. The Labute approximate surface area is 98.9 Å². The number of rotatable bonds is 4. The van der Waals surface area contributed by atoms with E-state index in [2.05, 4.69) is 0 Å². The van der Waals surface area contributed by atoms with Crippen LogP contribution in [-0.2, 0) is 0 Å². The van der Waals surface area contributed by atoms with E-state index in [9.17, 15) is 32.6 Å². The van der Waals surface area contributed by atoms with E-state index in [1.807, 2.05) is 0 Å². The van der Waals surface area contributed by atoms with Gasteiger partial charge < -0.3 is 15.5 Å². The number of hydrogen-bond acceptors (Lipinski definition) is 3. The van der Waals surface area contributed by atoms with E-state index in [0.717, 1.165) is 12.1 Å². The van der Waals surface area contributed by atoms with E-state index < -0.39 is 41.9 Å². The summed E-state index contributed by atoms with van der Waals surface area (Å²) in [5.41, 5.74) is -0.650. The third-order valence-corrected chi connectivity index (χ3v) is 2.05. The van der Waals surface area contributed by atoms with E-state index in [0.29, 0.717) is 0 Å². The number of alkyl halides is 4. The van der Waals surface area contributed by atoms with Crippen LogP contribution in [0.1, 0.15) is 10.4 Å². The van der Waals surface area contributed by atoms with Crippen LogP contribution < -0.4 is 5.32 Å². The summed E-state index contributed by atoms with van der Waals surface area (Å²) in [7, 11) is 0. The molecule has 1 aromatic rings. The fourth-order valence-electron chi connectivity index (χ4n) is 1.12. The first kappa shape index (κ1) is 14.1. The number of phenols is 2. The zero-order chi connectivity index (χ0) is 13.9. The Morgan fingerprint density at radius 3 is 2.22 bits per heavy atom. The second kappa shape index (κ2) is 5.11. The van der Waals surface area contributed by atoms with Crippen LogP contribution in [0.15, 0.2) is 18.2 Å². The lowest BCUT2D eigenvalue weighted by Crippen LogP contribution is -2.41. The Bertz CT molecular complexity index is 430. The molecule has 0 bridgehead atoms. The van der Waals surface area contributed by atoms with Crippen LogP contribution in [0.3, 0.4) is 0 Å². The molecule has 3 N–H and O–H groups in total. The van der Waals surface area contributed by atoms with E-state index in [1.54, 1.807) is 0 Å². The Morgan fingerprint density at radius 1 is 1.28 bits per heavy atom. The molecule has 1 rings (SSSR count). The van der Waals surface area contributed by atoms with Gasteiger partial charge in [0, 0.05) is 0 Å². The van der Waals surface area contributed by atoms with Crippen molar-refractivity contribution in [3.63, 3.8) is 0 Å². The van der Waals surface area contributed by atoms with Crippen molar-refractivity contribution < 1.29 is 32.6 Å². The molecule has 0 radical (unpaired) electrons. The van der Waals surface area contributed by atoms with Gasteiger partial charge in [0.2, 0.25) is 0 Å². The summed E-state index contributed by atoms with van der Waals surface area (Å²) < 4.78 is 48.7. The molecule has 100 valence electrons. The second-order valence-corrected chi connectivity index (χ2v) is 3.42. The van der Waals surface area contributed by atoms with E-state index in [1.165, 1.54) is 11.4 Å². The number of benzene rings is 1. The van der Waals surface area contributed by atoms with E-state index in [4.69, 9.17) is 0 Å². The Kier molecular flexibility index (Phi) is 4.00. The lowest BCUT2D eigenvalue weighted by molar-refractivity contribution is -0.123. The highest BCUT2D eigenvalue weighted by molar-refractivity contribution is 5.99. The minimum absolute atomic E-state index is 0.645. The first-order valence-electron chi connectivity index (χ1n) is 4.71. The molecular weight excluding hydrogens is 258 g/mol. The maximum Gasteiger partial charge on any atom is 0.324 e. The molecule has 1 amide bonds. The van der Waals surface area contributed by atoms with Crippen LogP contribution >= 0.6 is 0 Å². The summed E-state index contributed by atoms with van der Waals surface area (Å²) in [6.07, 6.45) is -3.92. The second-order valence-electron chi connectivity index (χ2n) is 3.42. The Morgan fingerprint density at radius 2 is 1.78 bits per heavy atom. The van der Waals surface area contributed by atoms with Crippen LogP contribution in [0.4, 0.5) is 17.6 Å². The molecule has 0 aliphatic carbocycles. The molecule has 0 aromatic heterocycles. The number of halogens is 4. The first-order valence-corrected chi connectivity index (χ1v) is 4.71. The van der Waals surface area contributed by atoms with Gasteiger partial charge in [-0.25, -0.2) is 8.78 Å². The molecule has 0 aliphatic rings. The average molecular weight is 267 g/mol. The van der Waals surface area contributed by atoms with Gasteiger partial charge >= 0.3 is 12.3 Å². The number of carbonyl (C=O) groups is 1. The number of phenolic OH excluding ortho intramolecular Hbond substituents is 2. The van der Waals surface area contributed by atoms with Crippen LogP contribution in [0.2, 0.25) is 0 Å². The van der Waals surface area contributed by atoms with Crippen molar-refractivity contribution in [3.05, 3.63) is 23.8 Å². The quantitative estimate of drug-likeness (QED) is 0.727. The number of nitrogens with one attached hydrogen (secondary N) is 1. The molecule has 0 heterocycles. The van der Waals surface area contributed by atoms with Crippen molar-refractivity contribution in [1.29, 1.82) is 0 Å². The first-order chi connectivity index (χ1) is 8.25. The lowest BCUT2D eigenvalue weighted by atomic mass is 10.1. The number of carbonyl (C=O) groups excluding carboxylic acids is 1. The molecule has 0 aliphatic heterocycles. The standard InChI is InChI=1S/C10H9F4NO3/c11-9(12)10(13,14)4-15-8(18)7-5(16)2-1-3-6(7)17/h1-3,9,16-17H,4H2,(H,15,18). The molecule has 0 atom stereocenters. The molecule has 4 nitrogen and oxygen atoms in total. The molecule has 1 aromatic carbocycles. The monoisotopic (exact) mass is 267 g/mol. The van der Waals surface area contributed by atoms with Gasteiger partial charge in [-0.15, -0.1) is 0 Å². The summed E-state index contributed by atoms with van der Waals surface area (Å²) in [4.78, 5) is 11.3. The van der Waals surface area contributed by atoms with Crippen molar-refractivity contribution in [2.75, 3.05) is 6.54 Å². The highest BCUT2D eigenvalue weighted by Crippen LogP contribution is 2.27. The summed E-state index contributed by atoms with van der Waals surface area (Å²) in [6, 6.07) is 3.30. The minimum atomic E-state index is -4.38. The van der Waals surface area contributed by atoms with Gasteiger partial charge in [0.25, 0.3) is 5.91 Å². The van der Waals surface area contributed by atoms with Gasteiger partial charge in [-0.05, 0) is 12.1 Å². The molecule has 0 saturated carbocycles. The average Bonchev–Trinajstić information content (AvgIpc) is 2.26. The lowest BCUT2D eigenvalue weighted by Gasteiger charge is -2.16. The molecule has 8 heteroatoms. The highest BCUT2D eigenvalue weighted by atomic mass is 19.3. The number of amides is 1. The van der Waals surface area contributed by atoms with Crippen LogP contribution in [0, 0.1) is 0 Å². The van der Waals surface area contributed by atoms with Crippen molar-refractivity contribution >= 4 is 5.91 Å². The summed E-state index contributed by atoms with van der Waals surface area (Å²) in [5, 5.41) is 20.0. The van der Waals surface area contributed by atoms with Gasteiger partial charge in [-0.3, -0.25) is 4.79 Å². The smallest absolute Gasteiger partial charge is 0.324 e. The maximum absolute atomic E-state index is 12.5. The van der Waals surface area contributed by atoms with Crippen LogP contribution in [0.25, 0.3) is 0 Å². The van der Waals surface area contributed by atoms with E-state index in [-0.39, 0.29) is 0 Å². The predicted molar refractivity (Wildman–Crippen MR) is 53.1 cm³/mol. The van der Waals surface area contributed by atoms with Crippen molar-refractivity contribution in [2.24, 2.45) is 0 Å². The SMILES string of the molecule is O=C(NCC(F)(F)C(F)F)c1c(O)cccc1O. The van der Waals surface area contributed by atoms with Crippen LogP contribution in [0.5, 0.6) is 11.5 Å². The fraction of sp³-hybridized carbons (Fsp3) is 0.300. The van der Waals surface area contributed by atoms with Crippen LogP contribution in [-0.4, -0.2) is 35.0 Å². The normalized spacial score (nSPS) is 11.6. The summed E-state index contributed by atoms with van der Waals surface area (Å²) >= 11 is 0. The predicted octanol–water partition coefficient (Wildman–Crippen LogP) is 1.73. The van der Waals surface area contributed by atoms with Gasteiger partial charge in [0.1, 0.15) is 17.1 Å². The molecule has 0 spiro atoms. The topological polar surface area (TPSA) is 69.6 Å². The van der Waals surface area contributed by atoms with Gasteiger partial charge in [0.05, 0.1) is 6.54 Å². The molecule has 18 heavy (non-hydrogen) atoms. The van der Waals surface area contributed by atoms with Crippen molar-refractivity contribution in [1.82, 2.24) is 5.32 Å². The third-order valence-electron chi connectivity index (χ3n) is 2.05. The third kappa shape index (κ3) is 3.02.